The molecule has 0 bridgehead atoms. The predicted octanol–water partition coefficient (Wildman–Crippen LogP) is 20.3. The van der Waals surface area contributed by atoms with Crippen molar-refractivity contribution in [2.45, 2.75) is 304 Å². The van der Waals surface area contributed by atoms with Gasteiger partial charge in [0.15, 0.2) is 0 Å². The van der Waals surface area contributed by atoms with Crippen LogP contribution in [-0.2, 0) is 35.0 Å². The van der Waals surface area contributed by atoms with E-state index < -0.39 is 5.41 Å². The van der Waals surface area contributed by atoms with Gasteiger partial charge in [0.1, 0.15) is 19.8 Å². The quantitative estimate of drug-likeness (QED) is 0.0280. The number of carbonyl (C=O) groups excluding carboxylic acids is 3. The molecule has 0 amide bonds. The van der Waals surface area contributed by atoms with Crippen molar-refractivity contribution in [2.24, 2.45) is 5.41 Å². The first kappa shape index (κ1) is 66.9. The largest absolute Gasteiger partial charge is 0.465 e. The third kappa shape index (κ3) is 44.3. The highest BCUT2D eigenvalue weighted by atomic mass is 16.6. The topological polar surface area (TPSA) is 78.9 Å². The summed E-state index contributed by atoms with van der Waals surface area (Å²) in [7, 11) is 0. The zero-order valence-corrected chi connectivity index (χ0v) is 47.7. The Hall–Kier alpha value is -3.15. The van der Waals surface area contributed by atoms with Crippen LogP contribution in [0.25, 0.3) is 0 Å². The third-order valence-electron chi connectivity index (χ3n) is 14.2. The number of benzene rings is 1. The number of aryl methyl sites for hydroxylation is 1. The molecule has 0 saturated heterocycles. The average Bonchev–Trinajstić information content (AvgIpc) is 3.38. The highest BCUT2D eigenvalue weighted by Crippen LogP contribution is 2.28. The van der Waals surface area contributed by atoms with Gasteiger partial charge in [-0.05, 0) is 115 Å². The summed E-state index contributed by atoms with van der Waals surface area (Å²) in [4.78, 5) is 39.8. The van der Waals surface area contributed by atoms with Crippen molar-refractivity contribution in [3.63, 3.8) is 0 Å². The van der Waals surface area contributed by atoms with E-state index in [4.69, 9.17) is 14.2 Å². The number of esters is 3. The molecule has 0 unspecified atom stereocenters. The Morgan fingerprint density at radius 2 is 0.583 bits per heavy atom. The molecule has 0 aromatic heterocycles. The molecule has 0 radical (unpaired) electrons. The molecular weight excluding hydrogens is 889 g/mol. The van der Waals surface area contributed by atoms with Gasteiger partial charge in [0, 0.05) is 19.3 Å². The van der Waals surface area contributed by atoms with Gasteiger partial charge < -0.3 is 14.2 Å². The third-order valence-corrected chi connectivity index (χ3v) is 14.2. The minimum absolute atomic E-state index is 0.0200. The second kappa shape index (κ2) is 51.3. The van der Waals surface area contributed by atoms with Crippen molar-refractivity contribution in [1.29, 1.82) is 0 Å². The molecule has 1 aromatic carbocycles. The maximum atomic E-state index is 13.3. The maximum Gasteiger partial charge on any atom is 0.305 e. The molecule has 0 fully saturated rings. The highest BCUT2D eigenvalue weighted by Gasteiger charge is 2.36. The predicted molar refractivity (Wildman–Crippen MR) is 309 cm³/mol. The number of ether oxygens (including phenoxy) is 3. The summed E-state index contributed by atoms with van der Waals surface area (Å²) in [6.07, 6.45) is 62.5. The van der Waals surface area contributed by atoms with Crippen LogP contribution in [0.2, 0.25) is 0 Å². The molecule has 1 aromatic rings. The molecule has 0 spiro atoms. The average molecular weight is 1000 g/mol. The molecule has 72 heavy (non-hydrogen) atoms. The summed E-state index contributed by atoms with van der Waals surface area (Å²) >= 11 is 0. The van der Waals surface area contributed by atoms with Crippen molar-refractivity contribution in [2.75, 3.05) is 19.8 Å². The van der Waals surface area contributed by atoms with E-state index >= 15 is 0 Å². The lowest BCUT2D eigenvalue weighted by Gasteiger charge is -2.32. The van der Waals surface area contributed by atoms with Crippen molar-refractivity contribution in [3.05, 3.63) is 71.8 Å². The van der Waals surface area contributed by atoms with Gasteiger partial charge in [-0.1, -0.05) is 241 Å². The van der Waals surface area contributed by atoms with Gasteiger partial charge in [-0.3, -0.25) is 14.4 Å². The number of hydrogen-bond donors (Lipinski definition) is 0. The fourth-order valence-electron chi connectivity index (χ4n) is 9.35. The molecule has 0 N–H and O–H groups in total. The van der Waals surface area contributed by atoms with Gasteiger partial charge in [0.25, 0.3) is 0 Å². The van der Waals surface area contributed by atoms with E-state index in [1.807, 2.05) is 0 Å². The van der Waals surface area contributed by atoms with Crippen molar-refractivity contribution in [1.82, 2.24) is 0 Å². The molecule has 6 nitrogen and oxygen atoms in total. The summed E-state index contributed by atoms with van der Waals surface area (Å²) in [6.45, 7) is 8.92. The van der Waals surface area contributed by atoms with Gasteiger partial charge in [-0.2, -0.15) is 0 Å². The number of allylic oxidation sites excluding steroid dienone is 6. The molecule has 0 heterocycles. The smallest absolute Gasteiger partial charge is 0.305 e. The van der Waals surface area contributed by atoms with E-state index in [-0.39, 0.29) is 37.7 Å². The Kier molecular flexibility index (Phi) is 47.7. The SMILES string of the molecule is CCCCCCCC/C=C/CCCCCCCC(=O)OCC(COC(=O)CCCCCCC/C=C/CCCCCCCC)(COC(=O)CCCCCCC/C=C/CCCCCCCC)Cc1ccc(C)cc1. The monoisotopic (exact) mass is 1000 g/mol. The number of rotatable bonds is 53. The first-order chi connectivity index (χ1) is 35.3. The Morgan fingerprint density at radius 3 is 0.847 bits per heavy atom. The normalized spacial score (nSPS) is 11.9. The van der Waals surface area contributed by atoms with Crippen LogP contribution >= 0.6 is 0 Å². The molecule has 6 heteroatoms. The number of unbranched alkanes of at least 4 members (excludes halogenated alkanes) is 33. The van der Waals surface area contributed by atoms with Crippen LogP contribution in [-0.4, -0.2) is 37.7 Å². The van der Waals surface area contributed by atoms with Crippen LogP contribution in [0.4, 0.5) is 0 Å². The van der Waals surface area contributed by atoms with Crippen molar-refractivity contribution in [3.8, 4) is 0 Å². The van der Waals surface area contributed by atoms with E-state index in [1.165, 1.54) is 173 Å². The molecule has 0 saturated carbocycles. The zero-order chi connectivity index (χ0) is 52.1. The van der Waals surface area contributed by atoms with Gasteiger partial charge in [0.05, 0.1) is 5.41 Å². The lowest BCUT2D eigenvalue weighted by atomic mass is 9.83. The first-order valence-electron chi connectivity index (χ1n) is 30.8. The van der Waals surface area contributed by atoms with Gasteiger partial charge in [-0.15, -0.1) is 0 Å². The van der Waals surface area contributed by atoms with Crippen molar-refractivity contribution < 1.29 is 28.6 Å². The lowest BCUT2D eigenvalue weighted by molar-refractivity contribution is -0.162. The van der Waals surface area contributed by atoms with Crippen LogP contribution in [0.1, 0.15) is 302 Å². The Morgan fingerprint density at radius 1 is 0.347 bits per heavy atom. The van der Waals surface area contributed by atoms with E-state index in [0.29, 0.717) is 25.7 Å². The van der Waals surface area contributed by atoms with E-state index in [2.05, 4.69) is 88.4 Å². The molecule has 414 valence electrons. The highest BCUT2D eigenvalue weighted by molar-refractivity contribution is 5.70. The molecular formula is C66H114O6. The van der Waals surface area contributed by atoms with Crippen molar-refractivity contribution >= 4 is 17.9 Å². The Bertz CT molecular complexity index is 1320. The number of hydrogen-bond acceptors (Lipinski definition) is 6. The summed E-state index contributed by atoms with van der Waals surface area (Å²) in [5.41, 5.74) is 1.27. The van der Waals surface area contributed by atoms with E-state index in [0.717, 1.165) is 88.2 Å². The fourth-order valence-corrected chi connectivity index (χ4v) is 9.35. The van der Waals surface area contributed by atoms with E-state index in [9.17, 15) is 14.4 Å². The van der Waals surface area contributed by atoms with Crippen LogP contribution in [0.5, 0.6) is 0 Å². The zero-order valence-electron chi connectivity index (χ0n) is 47.7. The molecule has 1 rings (SSSR count). The van der Waals surface area contributed by atoms with Crippen LogP contribution in [0, 0.1) is 12.3 Å². The van der Waals surface area contributed by atoms with E-state index in [1.54, 1.807) is 0 Å². The second-order valence-electron chi connectivity index (χ2n) is 21.6. The molecule has 0 atom stereocenters. The fraction of sp³-hybridized carbons (Fsp3) is 0.773. The number of carbonyl (C=O) groups is 3. The van der Waals surface area contributed by atoms with Gasteiger partial charge >= 0.3 is 17.9 Å². The standard InChI is InChI=1S/C66H114O6/c1-5-8-11-14-17-20-23-26-29-32-35-38-41-44-47-50-63(67)70-58-66(57-62-55-53-61(4)54-56-62,59-71-64(68)51-48-45-42-39-36-33-30-27-24-21-18-15-12-9-6-2)60-72-65(69)52-49-46-43-40-37-34-31-28-25-22-19-16-13-10-7-3/h26-31,53-56H,5-25,32-52,57-60H2,1-4H3/b29-26+,30-27+,31-28+. The summed E-state index contributed by atoms with van der Waals surface area (Å²) in [6, 6.07) is 8.27. The summed E-state index contributed by atoms with van der Waals surface area (Å²) < 4.78 is 18.1. The maximum absolute atomic E-state index is 13.3. The second-order valence-corrected chi connectivity index (χ2v) is 21.6. The van der Waals surface area contributed by atoms with Gasteiger partial charge in [0.2, 0.25) is 0 Å². The van der Waals surface area contributed by atoms with Crippen LogP contribution in [0.3, 0.4) is 0 Å². The first-order valence-corrected chi connectivity index (χ1v) is 30.8. The molecule has 0 aliphatic rings. The Labute approximate surface area is 445 Å². The van der Waals surface area contributed by atoms with Crippen LogP contribution in [0.15, 0.2) is 60.7 Å². The summed E-state index contributed by atoms with van der Waals surface area (Å²) in [5, 5.41) is 0. The minimum Gasteiger partial charge on any atom is -0.465 e. The lowest BCUT2D eigenvalue weighted by Crippen LogP contribution is -2.41. The van der Waals surface area contributed by atoms with Crippen LogP contribution < -0.4 is 0 Å². The molecule has 0 aliphatic heterocycles. The summed E-state index contributed by atoms with van der Waals surface area (Å²) in [5.74, 6) is -0.750. The van der Waals surface area contributed by atoms with Gasteiger partial charge in [-0.25, -0.2) is 0 Å². The minimum atomic E-state index is -0.899. The molecule has 0 aliphatic carbocycles. The Balaban J connectivity index is 2.70.